The zero-order valence-electron chi connectivity index (χ0n) is 8.70. The topological polar surface area (TPSA) is 12.0 Å². The van der Waals surface area contributed by atoms with Crippen LogP contribution in [0.5, 0.6) is 0 Å². The van der Waals surface area contributed by atoms with Gasteiger partial charge in [0.1, 0.15) is 0 Å². The van der Waals surface area contributed by atoms with E-state index in [1.165, 1.54) is 12.8 Å². The Morgan fingerprint density at radius 3 is 2.09 bits per heavy atom. The number of hydrogen-bond donors (Lipinski definition) is 1. The third-order valence-corrected chi connectivity index (χ3v) is 2.46. The van der Waals surface area contributed by atoms with E-state index in [-0.39, 0.29) is 0 Å². The van der Waals surface area contributed by atoms with Crippen molar-refractivity contribution >= 4 is 0 Å². The lowest BCUT2D eigenvalue weighted by molar-refractivity contribution is 0.218. The average Bonchev–Trinajstić information content (AvgIpc) is 1.87. The van der Waals surface area contributed by atoms with Crippen molar-refractivity contribution in [1.82, 2.24) is 5.32 Å². The van der Waals surface area contributed by atoms with Gasteiger partial charge in [-0.15, -0.1) is 0 Å². The van der Waals surface area contributed by atoms with Crippen LogP contribution in [0.25, 0.3) is 0 Å². The van der Waals surface area contributed by atoms with Crippen molar-refractivity contribution in [3.63, 3.8) is 0 Å². The standard InChI is InChI=1S/C10H23N/c1-6-9(7-8-11-5)10(2,3)4/h9,11H,6-8H2,1-5H3/t9-/m0/s1. The normalized spacial score (nSPS) is 15.0. The van der Waals surface area contributed by atoms with E-state index in [9.17, 15) is 0 Å². The van der Waals surface area contributed by atoms with Gasteiger partial charge in [0, 0.05) is 0 Å². The van der Waals surface area contributed by atoms with Gasteiger partial charge in [-0.3, -0.25) is 0 Å². The van der Waals surface area contributed by atoms with E-state index in [0.717, 1.165) is 12.5 Å². The van der Waals surface area contributed by atoms with Crippen molar-refractivity contribution in [2.45, 2.75) is 40.5 Å². The Hall–Kier alpha value is -0.0400. The third kappa shape index (κ3) is 4.41. The lowest BCUT2D eigenvalue weighted by Gasteiger charge is -2.29. The van der Waals surface area contributed by atoms with Crippen LogP contribution in [0.2, 0.25) is 0 Å². The van der Waals surface area contributed by atoms with Crippen molar-refractivity contribution in [1.29, 1.82) is 0 Å². The molecule has 0 spiro atoms. The zero-order chi connectivity index (χ0) is 8.91. The molecule has 0 radical (unpaired) electrons. The molecule has 0 unspecified atom stereocenters. The lowest BCUT2D eigenvalue weighted by atomic mass is 9.77. The van der Waals surface area contributed by atoms with E-state index in [2.05, 4.69) is 33.0 Å². The minimum Gasteiger partial charge on any atom is -0.320 e. The molecule has 1 heteroatoms. The summed E-state index contributed by atoms with van der Waals surface area (Å²) in [6.07, 6.45) is 2.60. The molecule has 0 aromatic carbocycles. The highest BCUT2D eigenvalue weighted by atomic mass is 14.8. The van der Waals surface area contributed by atoms with Crippen LogP contribution in [0.3, 0.4) is 0 Å². The molecule has 11 heavy (non-hydrogen) atoms. The third-order valence-electron chi connectivity index (χ3n) is 2.46. The van der Waals surface area contributed by atoms with E-state index in [1.807, 2.05) is 7.05 Å². The molecule has 0 heterocycles. The van der Waals surface area contributed by atoms with Crippen LogP contribution in [0.15, 0.2) is 0 Å². The Morgan fingerprint density at radius 2 is 1.82 bits per heavy atom. The lowest BCUT2D eigenvalue weighted by Crippen LogP contribution is -2.23. The summed E-state index contributed by atoms with van der Waals surface area (Å²) in [4.78, 5) is 0. The van der Waals surface area contributed by atoms with E-state index in [1.54, 1.807) is 0 Å². The van der Waals surface area contributed by atoms with Gasteiger partial charge in [-0.05, 0) is 31.3 Å². The van der Waals surface area contributed by atoms with Gasteiger partial charge < -0.3 is 5.32 Å². The smallest absolute Gasteiger partial charge is 0.00491 e. The number of nitrogens with one attached hydrogen (secondary N) is 1. The van der Waals surface area contributed by atoms with Crippen molar-refractivity contribution in [3.05, 3.63) is 0 Å². The molecule has 0 aromatic rings. The molecule has 0 rings (SSSR count). The van der Waals surface area contributed by atoms with Crippen LogP contribution < -0.4 is 5.32 Å². The molecule has 0 saturated carbocycles. The van der Waals surface area contributed by atoms with E-state index < -0.39 is 0 Å². The maximum atomic E-state index is 3.20. The molecule has 0 amide bonds. The Bertz CT molecular complexity index is 91.5. The fourth-order valence-electron chi connectivity index (χ4n) is 1.57. The molecular weight excluding hydrogens is 134 g/mol. The average molecular weight is 157 g/mol. The highest BCUT2D eigenvalue weighted by Gasteiger charge is 2.21. The van der Waals surface area contributed by atoms with Gasteiger partial charge in [0.25, 0.3) is 0 Å². The van der Waals surface area contributed by atoms with Gasteiger partial charge in [0.2, 0.25) is 0 Å². The Balaban J connectivity index is 3.76. The second-order valence-electron chi connectivity index (χ2n) is 4.36. The maximum Gasteiger partial charge on any atom is -0.00491 e. The molecule has 0 aromatic heterocycles. The van der Waals surface area contributed by atoms with Crippen molar-refractivity contribution in [2.75, 3.05) is 13.6 Å². The van der Waals surface area contributed by atoms with Gasteiger partial charge in [-0.25, -0.2) is 0 Å². The minimum absolute atomic E-state index is 0.478. The van der Waals surface area contributed by atoms with E-state index in [4.69, 9.17) is 0 Å². The molecule has 0 fully saturated rings. The summed E-state index contributed by atoms with van der Waals surface area (Å²) in [5.74, 6) is 0.856. The van der Waals surface area contributed by atoms with Crippen LogP contribution >= 0.6 is 0 Å². The first kappa shape index (κ1) is 11.0. The Morgan fingerprint density at radius 1 is 1.27 bits per heavy atom. The summed E-state index contributed by atoms with van der Waals surface area (Å²) in [6, 6.07) is 0. The second-order valence-corrected chi connectivity index (χ2v) is 4.36. The molecule has 0 aliphatic rings. The predicted molar refractivity (Wildman–Crippen MR) is 51.8 cm³/mol. The molecule has 0 aliphatic carbocycles. The van der Waals surface area contributed by atoms with E-state index >= 15 is 0 Å². The molecule has 0 bridgehead atoms. The van der Waals surface area contributed by atoms with Crippen LogP contribution in [0, 0.1) is 11.3 Å². The fraction of sp³-hybridized carbons (Fsp3) is 1.00. The molecule has 1 N–H and O–H groups in total. The molecule has 0 saturated heterocycles. The first-order chi connectivity index (χ1) is 5.02. The highest BCUT2D eigenvalue weighted by molar-refractivity contribution is 4.73. The summed E-state index contributed by atoms with van der Waals surface area (Å²) in [5.41, 5.74) is 0.478. The quantitative estimate of drug-likeness (QED) is 0.661. The molecular formula is C10H23N. The minimum atomic E-state index is 0.478. The van der Waals surface area contributed by atoms with Crippen molar-refractivity contribution < 1.29 is 0 Å². The Kier molecular flexibility index (Phi) is 4.74. The summed E-state index contributed by atoms with van der Waals surface area (Å²) >= 11 is 0. The maximum absolute atomic E-state index is 3.20. The van der Waals surface area contributed by atoms with Gasteiger partial charge >= 0.3 is 0 Å². The van der Waals surface area contributed by atoms with E-state index in [0.29, 0.717) is 5.41 Å². The summed E-state index contributed by atoms with van der Waals surface area (Å²) in [5, 5.41) is 3.20. The summed E-state index contributed by atoms with van der Waals surface area (Å²) in [7, 11) is 2.02. The second kappa shape index (κ2) is 4.76. The summed E-state index contributed by atoms with van der Waals surface area (Å²) < 4.78 is 0. The van der Waals surface area contributed by atoms with Crippen molar-refractivity contribution in [3.8, 4) is 0 Å². The monoisotopic (exact) mass is 157 g/mol. The number of hydrogen-bond acceptors (Lipinski definition) is 1. The molecule has 68 valence electrons. The first-order valence-electron chi connectivity index (χ1n) is 4.67. The van der Waals surface area contributed by atoms with Gasteiger partial charge in [0.15, 0.2) is 0 Å². The van der Waals surface area contributed by atoms with Gasteiger partial charge in [-0.1, -0.05) is 34.1 Å². The molecule has 0 aliphatic heterocycles. The first-order valence-corrected chi connectivity index (χ1v) is 4.67. The SMILES string of the molecule is CC[C@@H](CCNC)C(C)(C)C. The van der Waals surface area contributed by atoms with Crippen LogP contribution in [0.4, 0.5) is 0 Å². The number of rotatable bonds is 4. The van der Waals surface area contributed by atoms with Crippen molar-refractivity contribution in [2.24, 2.45) is 11.3 Å². The van der Waals surface area contributed by atoms with Crippen LogP contribution in [0.1, 0.15) is 40.5 Å². The summed E-state index contributed by atoms with van der Waals surface area (Å²) in [6.45, 7) is 10.4. The Labute approximate surface area is 71.6 Å². The van der Waals surface area contributed by atoms with Crippen LogP contribution in [-0.4, -0.2) is 13.6 Å². The van der Waals surface area contributed by atoms with Gasteiger partial charge in [-0.2, -0.15) is 0 Å². The zero-order valence-corrected chi connectivity index (χ0v) is 8.70. The fourth-order valence-corrected chi connectivity index (χ4v) is 1.57. The highest BCUT2D eigenvalue weighted by Crippen LogP contribution is 2.30. The molecule has 1 nitrogen and oxygen atoms in total. The largest absolute Gasteiger partial charge is 0.320 e. The molecule has 1 atom stereocenters. The predicted octanol–water partition coefficient (Wildman–Crippen LogP) is 2.67. The van der Waals surface area contributed by atoms with Crippen LogP contribution in [-0.2, 0) is 0 Å². The van der Waals surface area contributed by atoms with Gasteiger partial charge in [0.05, 0.1) is 0 Å².